The predicted octanol–water partition coefficient (Wildman–Crippen LogP) is 2.30. The lowest BCUT2D eigenvalue weighted by Gasteiger charge is -2.04. The van der Waals surface area contributed by atoms with Gasteiger partial charge in [0.15, 0.2) is 0 Å². The van der Waals surface area contributed by atoms with Crippen LogP contribution in [0, 0.1) is 0 Å². The van der Waals surface area contributed by atoms with Gasteiger partial charge in [-0.2, -0.15) is 12.6 Å². The molecule has 0 aliphatic rings. The number of thiol groups is 1. The van der Waals surface area contributed by atoms with E-state index in [1.807, 2.05) is 0 Å². The topological polar surface area (TPSA) is 54.4 Å². The molecule has 1 N–H and O–H groups in total. The first-order valence-corrected chi connectivity index (χ1v) is 5.54. The molecule has 0 fully saturated rings. The number of carbonyl (C=O) groups excluding carboxylic acids is 1. The molecule has 1 atom stereocenters. The largest absolute Gasteiger partial charge is 0.480 e. The van der Waals surface area contributed by atoms with Crippen LogP contribution in [0.25, 0.3) is 0 Å². The second-order valence-electron chi connectivity index (χ2n) is 3.37. The molecule has 0 heterocycles. The number of unbranched alkanes of at least 4 members (excludes halogenated alkanes) is 5. The maximum Gasteiger partial charge on any atom is 0.316 e. The minimum atomic E-state index is -0.839. The van der Waals surface area contributed by atoms with Crippen molar-refractivity contribution in [3.63, 3.8) is 0 Å². The Morgan fingerprint density at radius 3 is 2.36 bits per heavy atom. The van der Waals surface area contributed by atoms with Crippen molar-refractivity contribution in [3.05, 3.63) is 0 Å². The first-order valence-electron chi connectivity index (χ1n) is 5.03. The molecular formula is C10H18O3S. The monoisotopic (exact) mass is 218 g/mol. The van der Waals surface area contributed by atoms with Crippen LogP contribution >= 0.6 is 12.6 Å². The molecule has 82 valence electrons. The Kier molecular flexibility index (Phi) is 8.73. The van der Waals surface area contributed by atoms with Crippen molar-refractivity contribution < 1.29 is 14.7 Å². The van der Waals surface area contributed by atoms with Crippen LogP contribution in [-0.4, -0.2) is 22.6 Å². The summed E-state index contributed by atoms with van der Waals surface area (Å²) in [5.74, 6) is -0.839. The van der Waals surface area contributed by atoms with E-state index < -0.39 is 11.2 Å². The van der Waals surface area contributed by atoms with E-state index in [9.17, 15) is 9.59 Å². The van der Waals surface area contributed by atoms with Gasteiger partial charge in [-0.05, 0) is 12.8 Å². The molecule has 14 heavy (non-hydrogen) atoms. The van der Waals surface area contributed by atoms with Gasteiger partial charge in [0.1, 0.15) is 6.29 Å². The lowest BCUT2D eigenvalue weighted by molar-refractivity contribution is -0.136. The van der Waals surface area contributed by atoms with Gasteiger partial charge in [0, 0.05) is 6.42 Å². The Hall–Kier alpha value is -0.510. The summed E-state index contributed by atoms with van der Waals surface area (Å²) in [7, 11) is 0. The lowest BCUT2D eigenvalue weighted by Crippen LogP contribution is -2.12. The third-order valence-corrected chi connectivity index (χ3v) is 2.56. The van der Waals surface area contributed by atoms with E-state index in [0.717, 1.165) is 38.4 Å². The third-order valence-electron chi connectivity index (χ3n) is 2.08. The van der Waals surface area contributed by atoms with Gasteiger partial charge in [0.25, 0.3) is 0 Å². The second kappa shape index (κ2) is 9.06. The van der Waals surface area contributed by atoms with Crippen LogP contribution in [-0.2, 0) is 9.59 Å². The molecule has 3 nitrogen and oxygen atoms in total. The average Bonchev–Trinajstić information content (AvgIpc) is 2.16. The average molecular weight is 218 g/mol. The van der Waals surface area contributed by atoms with E-state index in [4.69, 9.17) is 5.11 Å². The maximum absolute atomic E-state index is 10.4. The number of aliphatic carboxylic acids is 1. The highest BCUT2D eigenvalue weighted by atomic mass is 32.1. The number of carbonyl (C=O) groups is 2. The van der Waals surface area contributed by atoms with Crippen LogP contribution in [0.3, 0.4) is 0 Å². The predicted molar refractivity (Wildman–Crippen MR) is 58.8 cm³/mol. The van der Waals surface area contributed by atoms with Gasteiger partial charge in [-0.1, -0.05) is 25.7 Å². The van der Waals surface area contributed by atoms with Crippen molar-refractivity contribution >= 4 is 24.9 Å². The molecule has 0 saturated heterocycles. The molecule has 0 aromatic heterocycles. The second-order valence-corrected chi connectivity index (χ2v) is 3.99. The summed E-state index contributed by atoms with van der Waals surface area (Å²) in [5.41, 5.74) is 0. The van der Waals surface area contributed by atoms with E-state index in [1.54, 1.807) is 0 Å². The summed E-state index contributed by atoms with van der Waals surface area (Å²) in [5, 5.41) is 8.02. The minimum Gasteiger partial charge on any atom is -0.480 e. The van der Waals surface area contributed by atoms with E-state index in [2.05, 4.69) is 12.6 Å². The Bertz CT molecular complexity index is 171. The zero-order valence-electron chi connectivity index (χ0n) is 8.32. The van der Waals surface area contributed by atoms with Crippen molar-refractivity contribution in [2.75, 3.05) is 0 Å². The minimum absolute atomic E-state index is 0.523. The van der Waals surface area contributed by atoms with Crippen molar-refractivity contribution in [2.24, 2.45) is 0 Å². The standard InChI is InChI=1S/C10H18O3S/c11-8-6-4-2-1-3-5-7-9(14)10(12)13/h8-9,14H,1-7H2,(H,12,13). The molecule has 0 spiro atoms. The Labute approximate surface area is 90.3 Å². The fourth-order valence-electron chi connectivity index (χ4n) is 1.22. The summed E-state index contributed by atoms with van der Waals surface area (Å²) < 4.78 is 0. The lowest BCUT2D eigenvalue weighted by atomic mass is 10.1. The first kappa shape index (κ1) is 13.5. The molecule has 0 aromatic rings. The van der Waals surface area contributed by atoms with Gasteiger partial charge in [-0.3, -0.25) is 4.79 Å². The fraction of sp³-hybridized carbons (Fsp3) is 0.800. The van der Waals surface area contributed by atoms with Crippen molar-refractivity contribution in [2.45, 2.75) is 50.2 Å². The SMILES string of the molecule is O=CCCCCCCCC(S)C(=O)O. The summed E-state index contributed by atoms with van der Waals surface area (Å²) in [6.45, 7) is 0. The molecule has 0 rings (SSSR count). The number of hydrogen-bond acceptors (Lipinski definition) is 3. The summed E-state index contributed by atoms with van der Waals surface area (Å²) >= 11 is 3.94. The Balaban J connectivity index is 3.13. The zero-order chi connectivity index (χ0) is 10.8. The molecule has 0 bridgehead atoms. The highest BCUT2D eigenvalue weighted by Crippen LogP contribution is 2.11. The van der Waals surface area contributed by atoms with Gasteiger partial charge in [-0.25, -0.2) is 0 Å². The maximum atomic E-state index is 10.4. The zero-order valence-corrected chi connectivity index (χ0v) is 9.21. The van der Waals surface area contributed by atoms with Crippen molar-refractivity contribution in [1.82, 2.24) is 0 Å². The number of aldehydes is 1. The summed E-state index contributed by atoms with van der Waals surface area (Å²) in [6, 6.07) is 0. The Morgan fingerprint density at radius 1 is 1.21 bits per heavy atom. The van der Waals surface area contributed by atoms with E-state index in [-0.39, 0.29) is 0 Å². The summed E-state index contributed by atoms with van der Waals surface area (Å²) in [6.07, 6.45) is 7.24. The quantitative estimate of drug-likeness (QED) is 0.355. The van der Waals surface area contributed by atoms with Gasteiger partial charge in [-0.15, -0.1) is 0 Å². The molecule has 4 heteroatoms. The van der Waals surface area contributed by atoms with Crippen molar-refractivity contribution in [3.8, 4) is 0 Å². The van der Waals surface area contributed by atoms with E-state index in [0.29, 0.717) is 12.8 Å². The van der Waals surface area contributed by atoms with Crippen LogP contribution in [0.5, 0.6) is 0 Å². The first-order chi connectivity index (χ1) is 6.68. The molecule has 0 aliphatic carbocycles. The number of hydrogen-bond donors (Lipinski definition) is 2. The highest BCUT2D eigenvalue weighted by Gasteiger charge is 2.10. The molecule has 0 radical (unpaired) electrons. The molecule has 0 aliphatic heterocycles. The smallest absolute Gasteiger partial charge is 0.316 e. The molecule has 0 aromatic carbocycles. The highest BCUT2D eigenvalue weighted by molar-refractivity contribution is 7.81. The third kappa shape index (κ3) is 8.10. The summed E-state index contributed by atoms with van der Waals surface area (Å²) in [4.78, 5) is 20.4. The molecular weight excluding hydrogens is 200 g/mol. The van der Waals surface area contributed by atoms with Crippen molar-refractivity contribution in [1.29, 1.82) is 0 Å². The molecule has 1 unspecified atom stereocenters. The molecule has 0 amide bonds. The van der Waals surface area contributed by atoms with Crippen LogP contribution in [0.2, 0.25) is 0 Å². The van der Waals surface area contributed by atoms with Gasteiger partial charge in [0.05, 0.1) is 5.25 Å². The fourth-order valence-corrected chi connectivity index (χ4v) is 1.40. The molecule has 0 saturated carbocycles. The number of carboxylic acid groups (broad SMARTS) is 1. The van der Waals surface area contributed by atoms with Gasteiger partial charge in [0.2, 0.25) is 0 Å². The number of rotatable bonds is 9. The van der Waals surface area contributed by atoms with Crippen LogP contribution in [0.15, 0.2) is 0 Å². The van der Waals surface area contributed by atoms with E-state index >= 15 is 0 Å². The van der Waals surface area contributed by atoms with E-state index in [1.165, 1.54) is 0 Å². The van der Waals surface area contributed by atoms with Crippen LogP contribution in [0.1, 0.15) is 44.9 Å². The normalized spacial score (nSPS) is 12.4. The van der Waals surface area contributed by atoms with Crippen LogP contribution < -0.4 is 0 Å². The number of carboxylic acids is 1. The van der Waals surface area contributed by atoms with Crippen LogP contribution in [0.4, 0.5) is 0 Å². The van der Waals surface area contributed by atoms with Gasteiger partial charge < -0.3 is 9.90 Å². The van der Waals surface area contributed by atoms with Gasteiger partial charge >= 0.3 is 5.97 Å². The Morgan fingerprint density at radius 2 is 1.79 bits per heavy atom.